The lowest BCUT2D eigenvalue weighted by atomic mass is 10.1. The van der Waals surface area contributed by atoms with Crippen LogP contribution in [0.2, 0.25) is 5.02 Å². The summed E-state index contributed by atoms with van der Waals surface area (Å²) in [6, 6.07) is 7.03. The van der Waals surface area contributed by atoms with Gasteiger partial charge in [-0.2, -0.15) is 5.10 Å². The van der Waals surface area contributed by atoms with Gasteiger partial charge in [0.2, 0.25) is 5.95 Å². The van der Waals surface area contributed by atoms with Crippen molar-refractivity contribution in [3.63, 3.8) is 0 Å². The van der Waals surface area contributed by atoms with E-state index in [1.165, 1.54) is 10.9 Å². The molecule has 6 N–H and O–H groups in total. The van der Waals surface area contributed by atoms with Gasteiger partial charge in [0, 0.05) is 5.02 Å². The van der Waals surface area contributed by atoms with Crippen LogP contribution in [0.15, 0.2) is 35.7 Å². The maximum absolute atomic E-state index is 10.4. The van der Waals surface area contributed by atoms with Crippen molar-refractivity contribution in [1.82, 2.24) is 19.5 Å². The number of nitrogen functional groups attached to an aromatic ring is 1. The fourth-order valence-electron chi connectivity index (χ4n) is 3.05. The molecule has 11 nitrogen and oxygen atoms in total. The monoisotopic (exact) mass is 419 g/mol. The first-order valence-electron chi connectivity index (χ1n) is 8.65. The van der Waals surface area contributed by atoms with Gasteiger partial charge in [0.15, 0.2) is 23.2 Å². The fourth-order valence-corrected chi connectivity index (χ4v) is 3.18. The maximum Gasteiger partial charge on any atom is 0.228 e. The number of fused-ring (bicyclic) bond motifs is 1. The van der Waals surface area contributed by atoms with E-state index in [0.29, 0.717) is 5.02 Å². The molecule has 2 aromatic heterocycles. The van der Waals surface area contributed by atoms with Crippen molar-refractivity contribution in [2.45, 2.75) is 24.5 Å². The average Bonchev–Trinajstić information content (AvgIpc) is 3.22. The van der Waals surface area contributed by atoms with E-state index in [1.54, 1.807) is 30.5 Å². The Labute approximate surface area is 169 Å². The molecule has 12 heteroatoms. The summed E-state index contributed by atoms with van der Waals surface area (Å²) >= 11 is 5.87. The molecule has 0 radical (unpaired) electrons. The molecule has 1 saturated heterocycles. The van der Waals surface area contributed by atoms with E-state index < -0.39 is 31.1 Å². The largest absolute Gasteiger partial charge is 0.394 e. The first-order chi connectivity index (χ1) is 14.0. The highest BCUT2D eigenvalue weighted by molar-refractivity contribution is 6.30. The molecule has 0 aliphatic carbocycles. The van der Waals surface area contributed by atoms with Crippen LogP contribution in [0.4, 0.5) is 11.8 Å². The predicted octanol–water partition coefficient (Wildman–Crippen LogP) is 0.119. The van der Waals surface area contributed by atoms with Gasteiger partial charge in [-0.05, 0) is 17.7 Å². The minimum atomic E-state index is -1.33. The van der Waals surface area contributed by atoms with Crippen molar-refractivity contribution in [3.8, 4) is 0 Å². The number of nitrogens with one attached hydrogen (secondary N) is 1. The summed E-state index contributed by atoms with van der Waals surface area (Å²) in [4.78, 5) is 12.4. The lowest BCUT2D eigenvalue weighted by Crippen LogP contribution is -2.33. The molecular weight excluding hydrogens is 402 g/mol. The Morgan fingerprint density at radius 3 is 2.69 bits per heavy atom. The molecule has 0 spiro atoms. The van der Waals surface area contributed by atoms with Gasteiger partial charge in [-0.3, -0.25) is 4.57 Å². The summed E-state index contributed by atoms with van der Waals surface area (Å²) < 4.78 is 7.02. The fraction of sp³-hybridized carbons (Fsp3) is 0.294. The first-order valence-corrected chi connectivity index (χ1v) is 9.03. The highest BCUT2D eigenvalue weighted by atomic mass is 35.5. The molecule has 3 heterocycles. The van der Waals surface area contributed by atoms with Crippen molar-refractivity contribution in [2.75, 3.05) is 17.8 Å². The molecule has 3 aromatic rings. The molecule has 1 aliphatic rings. The van der Waals surface area contributed by atoms with E-state index in [1.807, 2.05) is 0 Å². The summed E-state index contributed by atoms with van der Waals surface area (Å²) in [5.74, 6) is 0.289. The van der Waals surface area contributed by atoms with Gasteiger partial charge in [0.25, 0.3) is 0 Å². The number of nitrogens with zero attached hydrogens (tertiary/aromatic N) is 5. The van der Waals surface area contributed by atoms with Crippen molar-refractivity contribution < 1.29 is 20.1 Å². The topological polar surface area (TPSA) is 164 Å². The molecule has 4 atom stereocenters. The van der Waals surface area contributed by atoms with Crippen LogP contribution in [0.3, 0.4) is 0 Å². The number of anilines is 2. The lowest BCUT2D eigenvalue weighted by Gasteiger charge is -2.18. The summed E-state index contributed by atoms with van der Waals surface area (Å²) in [5.41, 5.74) is 9.99. The standard InChI is InChI=1S/C17H18ClN7O4/c18-9-3-1-8(2-4-9)5-22-24-17-23-11-14(19)20-7-21-15(11)25(17)16-13(28)12(27)10(6-26)29-16/h1-5,7,10,12-13,16,26-28H,6H2,(H,23,24)(H2,19,20,21)/b22-5+/t10-,12-,13+,16-/m1/s1. The molecule has 0 saturated carbocycles. The summed E-state index contributed by atoms with van der Waals surface area (Å²) in [5, 5.41) is 34.6. The smallest absolute Gasteiger partial charge is 0.228 e. The van der Waals surface area contributed by atoms with Crippen molar-refractivity contribution in [1.29, 1.82) is 0 Å². The lowest BCUT2D eigenvalue weighted by molar-refractivity contribution is -0.0501. The number of hydrazone groups is 1. The second kappa shape index (κ2) is 7.89. The van der Waals surface area contributed by atoms with Gasteiger partial charge in [-0.15, -0.1) is 0 Å². The number of imidazole rings is 1. The third-order valence-corrected chi connectivity index (χ3v) is 4.78. The molecular formula is C17H18ClN7O4. The Balaban J connectivity index is 1.71. The zero-order chi connectivity index (χ0) is 20.5. The van der Waals surface area contributed by atoms with Crippen LogP contribution in [0, 0.1) is 0 Å². The second-order valence-electron chi connectivity index (χ2n) is 6.39. The minimum absolute atomic E-state index is 0.130. The van der Waals surface area contributed by atoms with Gasteiger partial charge in [-0.1, -0.05) is 23.7 Å². The van der Waals surface area contributed by atoms with Crippen molar-refractivity contribution >= 4 is 40.7 Å². The number of aromatic nitrogens is 4. The van der Waals surface area contributed by atoms with Crippen LogP contribution in [-0.4, -0.2) is 66.0 Å². The second-order valence-corrected chi connectivity index (χ2v) is 6.82. The highest BCUT2D eigenvalue weighted by Gasteiger charge is 2.45. The number of nitrogens with two attached hydrogens (primary N) is 1. The van der Waals surface area contributed by atoms with E-state index in [0.717, 1.165) is 5.56 Å². The zero-order valence-electron chi connectivity index (χ0n) is 14.9. The Kier molecular flexibility index (Phi) is 5.30. The number of hydrogen-bond donors (Lipinski definition) is 5. The van der Waals surface area contributed by atoms with Gasteiger partial charge >= 0.3 is 0 Å². The van der Waals surface area contributed by atoms with E-state index in [-0.39, 0.29) is 22.9 Å². The van der Waals surface area contributed by atoms with Gasteiger partial charge in [-0.25, -0.2) is 20.4 Å². The van der Waals surface area contributed by atoms with Crippen LogP contribution < -0.4 is 11.2 Å². The average molecular weight is 420 g/mol. The number of aliphatic hydroxyl groups is 3. The highest BCUT2D eigenvalue weighted by Crippen LogP contribution is 2.35. The van der Waals surface area contributed by atoms with Crippen LogP contribution in [0.25, 0.3) is 11.2 Å². The Bertz CT molecular complexity index is 1040. The number of rotatable bonds is 5. The third-order valence-electron chi connectivity index (χ3n) is 4.53. The van der Waals surface area contributed by atoms with E-state index in [9.17, 15) is 15.3 Å². The van der Waals surface area contributed by atoms with Crippen LogP contribution in [-0.2, 0) is 4.74 Å². The van der Waals surface area contributed by atoms with Gasteiger partial charge in [0.1, 0.15) is 24.6 Å². The summed E-state index contributed by atoms with van der Waals surface area (Å²) in [6.07, 6.45) is -1.86. The van der Waals surface area contributed by atoms with E-state index >= 15 is 0 Å². The molecule has 4 rings (SSSR count). The first kappa shape index (κ1) is 19.5. The number of ether oxygens (including phenoxy) is 1. The van der Waals surface area contributed by atoms with Gasteiger partial charge in [0.05, 0.1) is 12.8 Å². The molecule has 0 amide bonds. The Morgan fingerprint density at radius 1 is 1.24 bits per heavy atom. The van der Waals surface area contributed by atoms with Crippen LogP contribution >= 0.6 is 11.6 Å². The molecule has 0 bridgehead atoms. The maximum atomic E-state index is 10.4. The minimum Gasteiger partial charge on any atom is -0.394 e. The van der Waals surface area contributed by atoms with E-state index in [2.05, 4.69) is 25.5 Å². The molecule has 152 valence electrons. The number of hydrogen-bond acceptors (Lipinski definition) is 10. The zero-order valence-corrected chi connectivity index (χ0v) is 15.7. The summed E-state index contributed by atoms with van der Waals surface area (Å²) in [6.45, 7) is -0.462. The molecule has 1 aliphatic heterocycles. The Morgan fingerprint density at radius 2 is 2.00 bits per heavy atom. The molecule has 0 unspecified atom stereocenters. The van der Waals surface area contributed by atoms with E-state index in [4.69, 9.17) is 22.1 Å². The van der Waals surface area contributed by atoms with Crippen LogP contribution in [0.5, 0.6) is 0 Å². The quantitative estimate of drug-likeness (QED) is 0.285. The van der Waals surface area contributed by atoms with Crippen LogP contribution in [0.1, 0.15) is 11.8 Å². The predicted molar refractivity (Wildman–Crippen MR) is 105 cm³/mol. The van der Waals surface area contributed by atoms with Crippen molar-refractivity contribution in [2.24, 2.45) is 5.10 Å². The van der Waals surface area contributed by atoms with Crippen molar-refractivity contribution in [3.05, 3.63) is 41.2 Å². The Hall–Kier alpha value is -2.83. The number of aliphatic hydroxyl groups excluding tert-OH is 3. The third kappa shape index (κ3) is 3.61. The number of halogens is 1. The van der Waals surface area contributed by atoms with Gasteiger partial charge < -0.3 is 25.8 Å². The molecule has 1 aromatic carbocycles. The normalized spacial score (nSPS) is 24.6. The summed E-state index contributed by atoms with van der Waals surface area (Å²) in [7, 11) is 0. The molecule has 29 heavy (non-hydrogen) atoms. The number of benzene rings is 1. The molecule has 1 fully saturated rings. The SMILES string of the molecule is Nc1ncnc2c1nc(N/N=C/c1ccc(Cl)cc1)n2[C@@H]1O[C@H](CO)[C@@H](O)[C@@H]1O.